The molecular formula is C15H29N3O2S. The normalized spacial score (nSPS) is 32.9. The number of nitrogens with one attached hydrogen (secondary N) is 2. The van der Waals surface area contributed by atoms with Crippen molar-refractivity contribution in [2.75, 3.05) is 24.6 Å². The first-order valence-corrected chi connectivity index (χ1v) is 10.1. The van der Waals surface area contributed by atoms with Gasteiger partial charge in [0.1, 0.15) is 0 Å². The molecule has 0 aromatic heterocycles. The Morgan fingerprint density at radius 1 is 1.29 bits per heavy atom. The number of hydrogen-bond donors (Lipinski definition) is 2. The molecule has 0 aromatic carbocycles. The van der Waals surface area contributed by atoms with Gasteiger partial charge < -0.3 is 10.6 Å². The molecule has 1 aliphatic carbocycles. The summed E-state index contributed by atoms with van der Waals surface area (Å²) >= 11 is 0. The minimum atomic E-state index is -2.84. The van der Waals surface area contributed by atoms with Gasteiger partial charge in [0.2, 0.25) is 0 Å². The highest BCUT2D eigenvalue weighted by atomic mass is 32.2. The summed E-state index contributed by atoms with van der Waals surface area (Å²) in [5.41, 5.74) is 0. The molecule has 0 bridgehead atoms. The zero-order chi connectivity index (χ0) is 15.3. The van der Waals surface area contributed by atoms with Crippen molar-refractivity contribution in [1.29, 1.82) is 0 Å². The van der Waals surface area contributed by atoms with Crippen molar-refractivity contribution in [3.05, 3.63) is 0 Å². The average molecular weight is 315 g/mol. The van der Waals surface area contributed by atoms with Crippen LogP contribution in [-0.4, -0.2) is 45.0 Å². The lowest BCUT2D eigenvalue weighted by Crippen LogP contribution is -2.44. The molecule has 21 heavy (non-hydrogen) atoms. The van der Waals surface area contributed by atoms with E-state index in [1.165, 1.54) is 25.7 Å². The quantitative estimate of drug-likeness (QED) is 0.610. The Balaban J connectivity index is 1.87. The topological polar surface area (TPSA) is 70.6 Å². The third-order valence-electron chi connectivity index (χ3n) is 4.47. The fourth-order valence-electron chi connectivity index (χ4n) is 3.37. The highest BCUT2D eigenvalue weighted by molar-refractivity contribution is 7.91. The number of aliphatic imine (C=N–C) groups is 1. The van der Waals surface area contributed by atoms with Crippen LogP contribution in [0.1, 0.15) is 46.0 Å². The standard InChI is InChI=1S/C15H29N3O2S/c1-3-16-15(18-14-7-8-21(19,20)11-14)17-10-13-6-4-5-12(2)9-13/h12-14H,3-11H2,1-2H3,(H2,16,17,18). The van der Waals surface area contributed by atoms with Crippen molar-refractivity contribution in [2.24, 2.45) is 16.8 Å². The van der Waals surface area contributed by atoms with E-state index < -0.39 is 9.84 Å². The lowest BCUT2D eigenvalue weighted by Gasteiger charge is -2.25. The molecule has 0 spiro atoms. The molecule has 2 rings (SSSR count). The summed E-state index contributed by atoms with van der Waals surface area (Å²) in [4.78, 5) is 4.68. The summed E-state index contributed by atoms with van der Waals surface area (Å²) in [6.45, 7) is 6.00. The van der Waals surface area contributed by atoms with E-state index in [0.717, 1.165) is 25.0 Å². The van der Waals surface area contributed by atoms with Crippen LogP contribution in [0.3, 0.4) is 0 Å². The fraction of sp³-hybridized carbons (Fsp3) is 0.933. The largest absolute Gasteiger partial charge is 0.357 e. The Morgan fingerprint density at radius 3 is 2.71 bits per heavy atom. The van der Waals surface area contributed by atoms with Crippen LogP contribution in [0, 0.1) is 11.8 Å². The van der Waals surface area contributed by atoms with Gasteiger partial charge in [-0.25, -0.2) is 8.42 Å². The molecular weight excluding hydrogens is 286 g/mol. The van der Waals surface area contributed by atoms with Gasteiger partial charge in [0.15, 0.2) is 15.8 Å². The Morgan fingerprint density at radius 2 is 2.10 bits per heavy atom. The third-order valence-corrected chi connectivity index (χ3v) is 6.24. The van der Waals surface area contributed by atoms with Crippen LogP contribution in [0.5, 0.6) is 0 Å². The Bertz CT molecular complexity index is 462. The van der Waals surface area contributed by atoms with Gasteiger partial charge in [-0.05, 0) is 38.0 Å². The second-order valence-electron chi connectivity index (χ2n) is 6.60. The Labute approximate surface area is 128 Å². The van der Waals surface area contributed by atoms with Gasteiger partial charge in [0.05, 0.1) is 11.5 Å². The summed E-state index contributed by atoms with van der Waals surface area (Å²) in [6.07, 6.45) is 5.88. The molecule has 0 amide bonds. The second kappa shape index (κ2) is 7.47. The van der Waals surface area contributed by atoms with E-state index in [0.29, 0.717) is 18.1 Å². The number of guanidine groups is 1. The zero-order valence-electron chi connectivity index (χ0n) is 13.3. The molecule has 0 aromatic rings. The van der Waals surface area contributed by atoms with Crippen molar-refractivity contribution in [3.63, 3.8) is 0 Å². The van der Waals surface area contributed by atoms with Gasteiger partial charge in [-0.15, -0.1) is 0 Å². The molecule has 5 nitrogen and oxygen atoms in total. The van der Waals surface area contributed by atoms with Crippen molar-refractivity contribution in [2.45, 2.75) is 52.0 Å². The van der Waals surface area contributed by atoms with Gasteiger partial charge in [-0.1, -0.05) is 19.8 Å². The van der Waals surface area contributed by atoms with E-state index >= 15 is 0 Å². The Kier molecular flexibility index (Phi) is 5.90. The van der Waals surface area contributed by atoms with E-state index in [9.17, 15) is 8.42 Å². The zero-order valence-corrected chi connectivity index (χ0v) is 14.1. The third kappa shape index (κ3) is 5.49. The first-order valence-electron chi connectivity index (χ1n) is 8.23. The summed E-state index contributed by atoms with van der Waals surface area (Å²) in [6, 6.07) is 0.0121. The van der Waals surface area contributed by atoms with E-state index in [4.69, 9.17) is 0 Å². The van der Waals surface area contributed by atoms with Gasteiger partial charge in [0.25, 0.3) is 0 Å². The van der Waals surface area contributed by atoms with E-state index in [2.05, 4.69) is 22.5 Å². The van der Waals surface area contributed by atoms with Crippen molar-refractivity contribution < 1.29 is 8.42 Å². The minimum absolute atomic E-state index is 0.0121. The van der Waals surface area contributed by atoms with Crippen LogP contribution < -0.4 is 10.6 Å². The van der Waals surface area contributed by atoms with E-state index in [1.54, 1.807) is 0 Å². The number of hydrogen-bond acceptors (Lipinski definition) is 3. The summed E-state index contributed by atoms with van der Waals surface area (Å²) in [5.74, 6) is 2.80. The maximum absolute atomic E-state index is 11.5. The molecule has 2 N–H and O–H groups in total. The molecule has 1 saturated heterocycles. The molecule has 6 heteroatoms. The van der Waals surface area contributed by atoms with Gasteiger partial charge >= 0.3 is 0 Å². The molecule has 3 unspecified atom stereocenters. The lowest BCUT2D eigenvalue weighted by atomic mass is 9.82. The molecule has 1 heterocycles. The molecule has 1 saturated carbocycles. The molecule has 2 fully saturated rings. The molecule has 0 radical (unpaired) electrons. The van der Waals surface area contributed by atoms with E-state index in [-0.39, 0.29) is 11.8 Å². The highest BCUT2D eigenvalue weighted by Gasteiger charge is 2.28. The first-order chi connectivity index (χ1) is 9.98. The van der Waals surface area contributed by atoms with Gasteiger partial charge in [0, 0.05) is 19.1 Å². The SMILES string of the molecule is CCNC(=NCC1CCCC(C)C1)NC1CCS(=O)(=O)C1. The number of nitrogens with zero attached hydrogens (tertiary/aromatic N) is 1. The monoisotopic (exact) mass is 315 g/mol. The van der Waals surface area contributed by atoms with Gasteiger partial charge in [-0.3, -0.25) is 4.99 Å². The Hall–Kier alpha value is -0.780. The van der Waals surface area contributed by atoms with Crippen LogP contribution in [0.25, 0.3) is 0 Å². The van der Waals surface area contributed by atoms with E-state index in [1.807, 2.05) is 6.92 Å². The van der Waals surface area contributed by atoms with Crippen LogP contribution in [-0.2, 0) is 9.84 Å². The molecule has 3 atom stereocenters. The maximum Gasteiger partial charge on any atom is 0.191 e. The lowest BCUT2D eigenvalue weighted by molar-refractivity contribution is 0.289. The van der Waals surface area contributed by atoms with Crippen LogP contribution in [0.4, 0.5) is 0 Å². The second-order valence-corrected chi connectivity index (χ2v) is 8.83. The predicted molar refractivity (Wildman–Crippen MR) is 87.3 cm³/mol. The average Bonchev–Trinajstić information content (AvgIpc) is 2.76. The predicted octanol–water partition coefficient (Wildman–Crippen LogP) is 1.55. The highest BCUT2D eigenvalue weighted by Crippen LogP contribution is 2.28. The van der Waals surface area contributed by atoms with Crippen LogP contribution in [0.2, 0.25) is 0 Å². The van der Waals surface area contributed by atoms with Crippen LogP contribution >= 0.6 is 0 Å². The summed E-state index contributed by atoms with van der Waals surface area (Å²) in [7, 11) is -2.84. The first kappa shape index (κ1) is 16.6. The van der Waals surface area contributed by atoms with Crippen molar-refractivity contribution in [3.8, 4) is 0 Å². The number of sulfone groups is 1. The van der Waals surface area contributed by atoms with Crippen molar-refractivity contribution >= 4 is 15.8 Å². The molecule has 122 valence electrons. The van der Waals surface area contributed by atoms with Gasteiger partial charge in [-0.2, -0.15) is 0 Å². The summed E-state index contributed by atoms with van der Waals surface area (Å²) in [5, 5.41) is 6.51. The number of rotatable bonds is 4. The minimum Gasteiger partial charge on any atom is -0.357 e. The summed E-state index contributed by atoms with van der Waals surface area (Å²) < 4.78 is 23.0. The van der Waals surface area contributed by atoms with Crippen molar-refractivity contribution in [1.82, 2.24) is 10.6 Å². The van der Waals surface area contributed by atoms with Crippen LogP contribution in [0.15, 0.2) is 4.99 Å². The molecule has 1 aliphatic heterocycles. The smallest absolute Gasteiger partial charge is 0.191 e. The maximum atomic E-state index is 11.5. The molecule has 2 aliphatic rings. The fourth-order valence-corrected chi connectivity index (χ4v) is 5.04.